The van der Waals surface area contributed by atoms with Gasteiger partial charge in [0.2, 0.25) is 5.91 Å². The third kappa shape index (κ3) is 4.29. The maximum Gasteiger partial charge on any atom is 0.249 e. The van der Waals surface area contributed by atoms with Gasteiger partial charge in [-0.3, -0.25) is 9.69 Å². The van der Waals surface area contributed by atoms with Gasteiger partial charge in [0.25, 0.3) is 0 Å². The summed E-state index contributed by atoms with van der Waals surface area (Å²) in [4.78, 5) is 14.5. The number of likely N-dealkylation sites (N-methyl/N-ethyl adjacent to an activating group) is 1. The van der Waals surface area contributed by atoms with Crippen LogP contribution >= 0.6 is 0 Å². The molecular weight excluding hydrogens is 264 g/mol. The fourth-order valence-electron chi connectivity index (χ4n) is 2.89. The van der Waals surface area contributed by atoms with Crippen LogP contribution in [0.4, 0.5) is 0 Å². The lowest BCUT2D eigenvalue weighted by molar-refractivity contribution is -0.130. The van der Waals surface area contributed by atoms with E-state index in [1.54, 1.807) is 0 Å². The second-order valence-corrected chi connectivity index (χ2v) is 5.39. The van der Waals surface area contributed by atoms with Gasteiger partial charge in [-0.25, -0.2) is 0 Å². The second-order valence-electron chi connectivity index (χ2n) is 5.39. The van der Waals surface area contributed by atoms with Gasteiger partial charge in [-0.1, -0.05) is 44.2 Å². The van der Waals surface area contributed by atoms with E-state index in [4.69, 9.17) is 4.74 Å². The van der Waals surface area contributed by atoms with Gasteiger partial charge in [0.1, 0.15) is 6.10 Å². The molecule has 0 unspecified atom stereocenters. The maximum atomic E-state index is 12.1. The van der Waals surface area contributed by atoms with Gasteiger partial charge in [0.05, 0.1) is 6.04 Å². The zero-order valence-electron chi connectivity index (χ0n) is 13.0. The van der Waals surface area contributed by atoms with Crippen LogP contribution in [-0.2, 0) is 9.53 Å². The zero-order valence-corrected chi connectivity index (χ0v) is 13.0. The highest BCUT2D eigenvalue weighted by atomic mass is 16.5. The Bertz CT molecular complexity index is 426. The van der Waals surface area contributed by atoms with E-state index >= 15 is 0 Å². The Morgan fingerprint density at radius 3 is 2.62 bits per heavy atom. The first kappa shape index (κ1) is 16.0. The summed E-state index contributed by atoms with van der Waals surface area (Å²) in [5, 5.41) is 3.07. The molecule has 0 aromatic heterocycles. The number of nitrogens with one attached hydrogen (secondary N) is 1. The predicted molar refractivity (Wildman–Crippen MR) is 84.1 cm³/mol. The largest absolute Gasteiger partial charge is 0.368 e. The van der Waals surface area contributed by atoms with E-state index in [9.17, 15) is 4.79 Å². The summed E-state index contributed by atoms with van der Waals surface area (Å²) >= 11 is 0. The lowest BCUT2D eigenvalue weighted by Gasteiger charge is -2.30. The van der Waals surface area contributed by atoms with Crippen LogP contribution in [0.25, 0.3) is 0 Å². The summed E-state index contributed by atoms with van der Waals surface area (Å²) in [6, 6.07) is 10.6. The van der Waals surface area contributed by atoms with Gasteiger partial charge < -0.3 is 10.1 Å². The first-order valence-corrected chi connectivity index (χ1v) is 7.94. The number of benzene rings is 1. The third-order valence-corrected chi connectivity index (χ3v) is 4.13. The first-order chi connectivity index (χ1) is 10.3. The number of rotatable bonds is 7. The Morgan fingerprint density at radius 1 is 1.33 bits per heavy atom. The molecule has 1 aromatic carbocycles. The Morgan fingerprint density at radius 2 is 2.05 bits per heavy atom. The van der Waals surface area contributed by atoms with Gasteiger partial charge in [-0.15, -0.1) is 0 Å². The molecule has 0 radical (unpaired) electrons. The van der Waals surface area contributed by atoms with Crippen LogP contribution in [0.1, 0.15) is 38.3 Å². The van der Waals surface area contributed by atoms with Gasteiger partial charge in [-0.05, 0) is 31.5 Å². The van der Waals surface area contributed by atoms with Gasteiger partial charge >= 0.3 is 0 Å². The molecule has 1 saturated heterocycles. The third-order valence-electron chi connectivity index (χ3n) is 4.13. The van der Waals surface area contributed by atoms with E-state index in [1.807, 2.05) is 18.2 Å². The normalized spacial score (nSPS) is 19.7. The standard InChI is InChI=1S/C17H26N2O2/c1-3-19(4-2)15(14-9-6-5-7-10-14)13-18-17(20)16-11-8-12-21-16/h5-7,9-10,15-16H,3-4,8,11-13H2,1-2H3,(H,18,20)/t15-,16-/m0/s1. The van der Waals surface area contributed by atoms with Crippen LogP contribution in [0.5, 0.6) is 0 Å². The summed E-state index contributed by atoms with van der Waals surface area (Å²) in [5.41, 5.74) is 1.24. The van der Waals surface area contributed by atoms with Gasteiger partial charge in [0, 0.05) is 13.2 Å². The molecule has 4 nitrogen and oxygen atoms in total. The minimum atomic E-state index is -0.252. The van der Waals surface area contributed by atoms with Crippen molar-refractivity contribution < 1.29 is 9.53 Å². The lowest BCUT2D eigenvalue weighted by atomic mass is 10.0. The van der Waals surface area contributed by atoms with E-state index in [0.717, 1.165) is 25.9 Å². The number of ether oxygens (including phenoxy) is 1. The molecule has 0 saturated carbocycles. The molecule has 0 aliphatic carbocycles. The Balaban J connectivity index is 2.00. The molecule has 1 aliphatic heterocycles. The first-order valence-electron chi connectivity index (χ1n) is 7.94. The molecule has 1 aromatic rings. The fourth-order valence-corrected chi connectivity index (χ4v) is 2.89. The summed E-state index contributed by atoms with van der Waals surface area (Å²) in [6.07, 6.45) is 1.57. The molecule has 1 heterocycles. The molecule has 21 heavy (non-hydrogen) atoms. The molecule has 1 fully saturated rings. The van der Waals surface area contributed by atoms with Crippen LogP contribution in [0.15, 0.2) is 30.3 Å². The number of amides is 1. The molecule has 1 aliphatic rings. The van der Waals surface area contributed by atoms with Gasteiger partial charge in [-0.2, -0.15) is 0 Å². The van der Waals surface area contributed by atoms with Crippen molar-refractivity contribution in [2.75, 3.05) is 26.2 Å². The highest BCUT2D eigenvalue weighted by Crippen LogP contribution is 2.20. The summed E-state index contributed by atoms with van der Waals surface area (Å²) in [7, 11) is 0. The number of hydrogen-bond acceptors (Lipinski definition) is 3. The van der Waals surface area contributed by atoms with E-state index in [-0.39, 0.29) is 18.1 Å². The van der Waals surface area contributed by atoms with Crippen molar-refractivity contribution in [2.24, 2.45) is 0 Å². The van der Waals surface area contributed by atoms with Crippen molar-refractivity contribution in [1.29, 1.82) is 0 Å². The average Bonchev–Trinajstić information content (AvgIpc) is 3.06. The van der Waals surface area contributed by atoms with Crippen molar-refractivity contribution in [3.8, 4) is 0 Å². The summed E-state index contributed by atoms with van der Waals surface area (Å²) in [6.45, 7) is 7.57. The predicted octanol–water partition coefficient (Wildman–Crippen LogP) is 2.36. The monoisotopic (exact) mass is 290 g/mol. The smallest absolute Gasteiger partial charge is 0.249 e. The van der Waals surface area contributed by atoms with Crippen molar-refractivity contribution in [3.05, 3.63) is 35.9 Å². The quantitative estimate of drug-likeness (QED) is 0.838. The second kappa shape index (κ2) is 8.15. The summed E-state index contributed by atoms with van der Waals surface area (Å²) in [5.74, 6) is 0.0283. The number of carbonyl (C=O) groups is 1. The number of carbonyl (C=O) groups excluding carboxylic acids is 1. The van der Waals surface area contributed by atoms with Crippen LogP contribution in [0.3, 0.4) is 0 Å². The molecule has 2 atom stereocenters. The molecule has 1 N–H and O–H groups in total. The van der Waals surface area contributed by atoms with Crippen molar-refractivity contribution in [3.63, 3.8) is 0 Å². The lowest BCUT2D eigenvalue weighted by Crippen LogP contribution is -2.41. The highest BCUT2D eigenvalue weighted by Gasteiger charge is 2.25. The Kier molecular flexibility index (Phi) is 6.21. The maximum absolute atomic E-state index is 12.1. The molecule has 4 heteroatoms. The van der Waals surface area contributed by atoms with Crippen LogP contribution in [-0.4, -0.2) is 43.2 Å². The van der Waals surface area contributed by atoms with Crippen molar-refractivity contribution >= 4 is 5.91 Å². The van der Waals surface area contributed by atoms with Crippen LogP contribution in [0, 0.1) is 0 Å². The zero-order chi connectivity index (χ0) is 15.1. The number of hydrogen-bond donors (Lipinski definition) is 1. The topological polar surface area (TPSA) is 41.6 Å². The number of nitrogens with zero attached hydrogens (tertiary/aromatic N) is 1. The molecular formula is C17H26N2O2. The van der Waals surface area contributed by atoms with Crippen molar-refractivity contribution in [1.82, 2.24) is 10.2 Å². The fraction of sp³-hybridized carbons (Fsp3) is 0.588. The molecule has 0 spiro atoms. The Hall–Kier alpha value is -1.39. The molecule has 116 valence electrons. The average molecular weight is 290 g/mol. The molecule has 2 rings (SSSR count). The molecule has 0 bridgehead atoms. The van der Waals surface area contributed by atoms with Gasteiger partial charge in [0.15, 0.2) is 0 Å². The Labute approximate surface area is 127 Å². The highest BCUT2D eigenvalue weighted by molar-refractivity contribution is 5.81. The van der Waals surface area contributed by atoms with E-state index in [1.165, 1.54) is 5.56 Å². The van der Waals surface area contributed by atoms with Crippen LogP contribution < -0.4 is 5.32 Å². The van der Waals surface area contributed by atoms with E-state index < -0.39 is 0 Å². The van der Waals surface area contributed by atoms with Crippen LogP contribution in [0.2, 0.25) is 0 Å². The van der Waals surface area contributed by atoms with E-state index in [2.05, 4.69) is 36.2 Å². The van der Waals surface area contributed by atoms with E-state index in [0.29, 0.717) is 13.2 Å². The minimum absolute atomic E-state index is 0.0283. The molecule has 1 amide bonds. The van der Waals surface area contributed by atoms with Crippen molar-refractivity contribution in [2.45, 2.75) is 38.8 Å². The SMILES string of the molecule is CCN(CC)[C@@H](CNC(=O)[C@@H]1CCCO1)c1ccccc1. The minimum Gasteiger partial charge on any atom is -0.368 e. The summed E-state index contributed by atoms with van der Waals surface area (Å²) < 4.78 is 5.44.